The lowest BCUT2D eigenvalue weighted by Crippen LogP contribution is -2.53. The smallest absolute Gasteiger partial charge is 0.322 e. The van der Waals surface area contributed by atoms with Crippen molar-refractivity contribution in [3.63, 3.8) is 0 Å². The van der Waals surface area contributed by atoms with Gasteiger partial charge in [0.05, 0.1) is 23.9 Å². The number of carbonyl (C=O) groups excluding carboxylic acids is 3. The van der Waals surface area contributed by atoms with E-state index < -0.39 is 6.04 Å². The lowest BCUT2D eigenvalue weighted by Gasteiger charge is -2.38. The zero-order valence-electron chi connectivity index (χ0n) is 19.9. The average Bonchev–Trinajstić information content (AvgIpc) is 3.48. The normalized spacial score (nSPS) is 23.9. The molecule has 3 aliphatic heterocycles. The third-order valence-electron chi connectivity index (χ3n) is 7.72. The molecule has 10 heteroatoms. The Morgan fingerprint density at radius 3 is 2.46 bits per heavy atom. The quantitative estimate of drug-likeness (QED) is 0.647. The van der Waals surface area contributed by atoms with Gasteiger partial charge in [-0.1, -0.05) is 42.1 Å². The van der Waals surface area contributed by atoms with Crippen LogP contribution in [0, 0.1) is 0 Å². The van der Waals surface area contributed by atoms with Gasteiger partial charge < -0.3 is 15.1 Å². The second kappa shape index (κ2) is 9.99. The molecule has 1 aromatic carbocycles. The van der Waals surface area contributed by atoms with Crippen molar-refractivity contribution in [3.8, 4) is 0 Å². The number of nitrogens with zero attached hydrogens (tertiary/aromatic N) is 4. The minimum atomic E-state index is -0.687. The van der Waals surface area contributed by atoms with Gasteiger partial charge in [0.1, 0.15) is 6.54 Å². The van der Waals surface area contributed by atoms with Gasteiger partial charge in [0.15, 0.2) is 0 Å². The van der Waals surface area contributed by atoms with Crippen LogP contribution in [0.5, 0.6) is 0 Å². The van der Waals surface area contributed by atoms with Crippen molar-refractivity contribution in [3.05, 3.63) is 45.1 Å². The molecule has 1 N–H and O–H groups in total. The van der Waals surface area contributed by atoms with E-state index in [-0.39, 0.29) is 30.9 Å². The van der Waals surface area contributed by atoms with Crippen LogP contribution in [0.15, 0.2) is 29.5 Å². The highest BCUT2D eigenvalue weighted by Crippen LogP contribution is 2.39. The number of carbonyl (C=O) groups is 3. The lowest BCUT2D eigenvalue weighted by molar-refractivity contribution is -0.139. The van der Waals surface area contributed by atoms with E-state index in [1.165, 1.54) is 25.7 Å². The highest BCUT2D eigenvalue weighted by atomic mass is 35.5. The Morgan fingerprint density at radius 2 is 1.80 bits per heavy atom. The van der Waals surface area contributed by atoms with Crippen molar-refractivity contribution in [2.24, 2.45) is 0 Å². The molecule has 1 saturated heterocycles. The van der Waals surface area contributed by atoms with Gasteiger partial charge in [-0.05, 0) is 37.5 Å². The summed E-state index contributed by atoms with van der Waals surface area (Å²) >= 11 is 12.5. The maximum Gasteiger partial charge on any atom is 0.322 e. The number of nitrogens with one attached hydrogen (secondary N) is 1. The number of hydrogen-bond acceptors (Lipinski definition) is 4. The van der Waals surface area contributed by atoms with Crippen molar-refractivity contribution in [1.29, 1.82) is 0 Å². The van der Waals surface area contributed by atoms with E-state index in [1.54, 1.807) is 28.0 Å². The minimum Gasteiger partial charge on any atom is -0.339 e. The van der Waals surface area contributed by atoms with Gasteiger partial charge in [0.2, 0.25) is 5.91 Å². The molecule has 0 bridgehead atoms. The maximum absolute atomic E-state index is 13.6. The molecule has 1 aliphatic carbocycles. The van der Waals surface area contributed by atoms with Crippen molar-refractivity contribution in [1.82, 2.24) is 24.9 Å². The molecule has 35 heavy (non-hydrogen) atoms. The zero-order chi connectivity index (χ0) is 24.7. The Morgan fingerprint density at radius 1 is 1.09 bits per heavy atom. The Balaban J connectivity index is 1.30. The number of likely N-dealkylation sites (N-methyl/N-ethyl adjacent to an activating group) is 1. The first-order valence-corrected chi connectivity index (χ1v) is 13.2. The van der Waals surface area contributed by atoms with Gasteiger partial charge in [-0.3, -0.25) is 19.4 Å². The van der Waals surface area contributed by atoms with Gasteiger partial charge in [-0.2, -0.15) is 0 Å². The van der Waals surface area contributed by atoms with Crippen LogP contribution in [0.3, 0.4) is 0 Å². The molecule has 0 spiro atoms. The van der Waals surface area contributed by atoms with E-state index >= 15 is 0 Å². The first kappa shape index (κ1) is 24.4. The van der Waals surface area contributed by atoms with Crippen LogP contribution in [0.1, 0.15) is 44.2 Å². The van der Waals surface area contributed by atoms with Crippen LogP contribution in [0.4, 0.5) is 4.79 Å². The first-order chi connectivity index (χ1) is 16.9. The van der Waals surface area contributed by atoms with Crippen LogP contribution in [-0.2, 0) is 9.59 Å². The molecule has 1 saturated carbocycles. The number of benzene rings is 1. The summed E-state index contributed by atoms with van der Waals surface area (Å²) in [6, 6.07) is 4.70. The summed E-state index contributed by atoms with van der Waals surface area (Å²) in [6.07, 6.45) is 5.11. The SMILES string of the molecule is CCN1C(=O)N[C@H](c2ccc(Cl)cc2Cl)C2=C1CN(CC(=O)N1CCN(C3CCCC3)CC1)C2=O. The molecule has 4 amide bonds. The molecule has 3 heterocycles. The van der Waals surface area contributed by atoms with Crippen LogP contribution in [-0.4, -0.2) is 89.3 Å². The Labute approximate surface area is 215 Å². The second-order valence-corrected chi connectivity index (χ2v) is 10.5. The molecule has 5 rings (SSSR count). The van der Waals surface area contributed by atoms with Crippen LogP contribution < -0.4 is 5.32 Å². The predicted octanol–water partition coefficient (Wildman–Crippen LogP) is 3.26. The van der Waals surface area contributed by atoms with Crippen LogP contribution in [0.25, 0.3) is 0 Å². The summed E-state index contributed by atoms with van der Waals surface area (Å²) in [6.45, 7) is 5.67. The van der Waals surface area contributed by atoms with E-state index in [0.29, 0.717) is 52.6 Å². The number of amides is 4. The summed E-state index contributed by atoms with van der Waals surface area (Å²) in [7, 11) is 0. The molecule has 1 aromatic rings. The molecule has 188 valence electrons. The Kier molecular flexibility index (Phi) is 6.97. The topological polar surface area (TPSA) is 76.2 Å². The molecule has 4 aliphatic rings. The highest BCUT2D eigenvalue weighted by molar-refractivity contribution is 6.35. The number of rotatable bonds is 5. The molecule has 0 unspecified atom stereocenters. The monoisotopic (exact) mass is 519 g/mol. The molecular weight excluding hydrogens is 489 g/mol. The fraction of sp³-hybridized carbons (Fsp3) is 0.560. The zero-order valence-corrected chi connectivity index (χ0v) is 21.4. The number of urea groups is 1. The fourth-order valence-electron chi connectivity index (χ4n) is 5.85. The van der Waals surface area contributed by atoms with E-state index in [9.17, 15) is 14.4 Å². The maximum atomic E-state index is 13.6. The van der Waals surface area contributed by atoms with Crippen molar-refractivity contribution >= 4 is 41.0 Å². The number of halogens is 2. The molecule has 2 fully saturated rings. The third-order valence-corrected chi connectivity index (χ3v) is 8.28. The van der Waals surface area contributed by atoms with Crippen LogP contribution in [0.2, 0.25) is 10.0 Å². The van der Waals surface area contributed by atoms with Gasteiger partial charge >= 0.3 is 6.03 Å². The summed E-state index contributed by atoms with van der Waals surface area (Å²) in [5.41, 5.74) is 1.71. The predicted molar refractivity (Wildman–Crippen MR) is 134 cm³/mol. The molecule has 1 atom stereocenters. The molecular formula is C25H31Cl2N5O3. The van der Waals surface area contributed by atoms with Crippen molar-refractivity contribution < 1.29 is 14.4 Å². The number of piperazine rings is 1. The second-order valence-electron chi connectivity index (χ2n) is 9.67. The van der Waals surface area contributed by atoms with E-state index in [0.717, 1.165) is 13.1 Å². The summed E-state index contributed by atoms with van der Waals surface area (Å²) in [5, 5.41) is 3.77. The van der Waals surface area contributed by atoms with Crippen molar-refractivity contribution in [2.75, 3.05) is 45.8 Å². The first-order valence-electron chi connectivity index (χ1n) is 12.4. The summed E-state index contributed by atoms with van der Waals surface area (Å²) in [5.74, 6) is -0.292. The van der Waals surface area contributed by atoms with Gasteiger partial charge in [0, 0.05) is 48.8 Å². The molecule has 8 nitrogen and oxygen atoms in total. The van der Waals surface area contributed by atoms with Gasteiger partial charge in [-0.25, -0.2) is 4.79 Å². The average molecular weight is 520 g/mol. The van der Waals surface area contributed by atoms with Crippen LogP contribution >= 0.6 is 23.2 Å². The third kappa shape index (κ3) is 4.63. The molecule has 0 aromatic heterocycles. The van der Waals surface area contributed by atoms with E-state index in [1.807, 2.05) is 11.8 Å². The standard InChI is InChI=1S/C25H31Cl2N5O3/c1-2-32-20-14-31(15-21(33)30-11-9-29(10-12-30)17-5-3-4-6-17)24(34)22(20)23(28-25(32)35)18-8-7-16(26)13-19(18)27/h7-8,13,17,23H,2-6,9-12,14-15H2,1H3,(H,28,35)/t23-/m1/s1. The summed E-state index contributed by atoms with van der Waals surface area (Å²) in [4.78, 5) is 47.1. The summed E-state index contributed by atoms with van der Waals surface area (Å²) < 4.78 is 0. The minimum absolute atomic E-state index is 0.00206. The number of hydrogen-bond donors (Lipinski definition) is 1. The van der Waals surface area contributed by atoms with E-state index in [2.05, 4.69) is 10.2 Å². The molecule has 0 radical (unpaired) electrons. The fourth-order valence-corrected chi connectivity index (χ4v) is 6.37. The Bertz CT molecular complexity index is 1060. The highest BCUT2D eigenvalue weighted by Gasteiger charge is 2.45. The largest absolute Gasteiger partial charge is 0.339 e. The lowest BCUT2D eigenvalue weighted by atomic mass is 9.95. The van der Waals surface area contributed by atoms with E-state index in [4.69, 9.17) is 23.2 Å². The Hall–Kier alpha value is -2.29. The van der Waals surface area contributed by atoms with Crippen molar-refractivity contribution in [2.45, 2.75) is 44.7 Å². The van der Waals surface area contributed by atoms with Gasteiger partial charge in [-0.15, -0.1) is 0 Å². The van der Waals surface area contributed by atoms with Gasteiger partial charge in [0.25, 0.3) is 5.91 Å².